The number of aryl methyl sites for hydroxylation is 1. The van der Waals surface area contributed by atoms with E-state index in [9.17, 15) is 0 Å². The molecule has 27 heavy (non-hydrogen) atoms. The minimum atomic E-state index is 1.02. The van der Waals surface area contributed by atoms with E-state index in [4.69, 9.17) is 0 Å². The summed E-state index contributed by atoms with van der Waals surface area (Å²) in [7, 11) is 2.21. The summed E-state index contributed by atoms with van der Waals surface area (Å²) in [5, 5.41) is 2.56. The Morgan fingerprint density at radius 2 is 1.96 bits per heavy atom. The van der Waals surface area contributed by atoms with Crippen LogP contribution in [0.4, 0.5) is 0 Å². The van der Waals surface area contributed by atoms with E-state index >= 15 is 0 Å². The number of likely N-dealkylation sites (N-methyl/N-ethyl adjacent to an activating group) is 1. The maximum absolute atomic E-state index is 4.59. The topological polar surface area (TPSA) is 21.1 Å². The van der Waals surface area contributed by atoms with E-state index in [1.54, 1.807) is 0 Å². The summed E-state index contributed by atoms with van der Waals surface area (Å²) >= 11 is 0. The Hall–Kier alpha value is -2.91. The lowest BCUT2D eigenvalue weighted by atomic mass is 10.0. The van der Waals surface area contributed by atoms with Crippen LogP contribution >= 0.6 is 0 Å². The maximum Gasteiger partial charge on any atom is 0.0702 e. The Bertz CT molecular complexity index is 1180. The fourth-order valence-electron chi connectivity index (χ4n) is 4.15. The molecule has 1 aliphatic rings. The normalized spacial score (nSPS) is 15.0. The van der Waals surface area contributed by atoms with Crippen LogP contribution in [0.25, 0.3) is 34.1 Å². The Labute approximate surface area is 159 Å². The van der Waals surface area contributed by atoms with Crippen LogP contribution in [0.1, 0.15) is 22.4 Å². The van der Waals surface area contributed by atoms with Gasteiger partial charge in [-0.05, 0) is 55.4 Å². The van der Waals surface area contributed by atoms with Gasteiger partial charge in [-0.1, -0.05) is 29.8 Å². The average Bonchev–Trinajstić information content (AvgIpc) is 2.98. The van der Waals surface area contributed by atoms with Crippen molar-refractivity contribution in [1.82, 2.24) is 14.5 Å². The summed E-state index contributed by atoms with van der Waals surface area (Å²) in [6.07, 6.45) is 7.43. The van der Waals surface area contributed by atoms with Crippen LogP contribution in [0.2, 0.25) is 0 Å². The van der Waals surface area contributed by atoms with Crippen LogP contribution < -0.4 is 0 Å². The predicted molar refractivity (Wildman–Crippen MR) is 114 cm³/mol. The lowest BCUT2D eigenvalue weighted by Gasteiger charge is -2.23. The Balaban J connectivity index is 1.62. The van der Waals surface area contributed by atoms with E-state index in [1.165, 1.54) is 33.1 Å². The Morgan fingerprint density at radius 1 is 1.07 bits per heavy atom. The van der Waals surface area contributed by atoms with Crippen molar-refractivity contribution in [1.29, 1.82) is 0 Å². The zero-order valence-electron chi connectivity index (χ0n) is 15.8. The van der Waals surface area contributed by atoms with Crippen molar-refractivity contribution >= 4 is 34.1 Å². The van der Waals surface area contributed by atoms with Crippen LogP contribution in [0.5, 0.6) is 0 Å². The minimum Gasteiger partial charge on any atom is -0.320 e. The first kappa shape index (κ1) is 16.3. The molecule has 0 spiro atoms. The third kappa shape index (κ3) is 2.84. The van der Waals surface area contributed by atoms with Gasteiger partial charge in [0.1, 0.15) is 0 Å². The van der Waals surface area contributed by atoms with Crippen molar-refractivity contribution in [3.8, 4) is 0 Å². The average molecular weight is 353 g/mol. The molecule has 2 aromatic heterocycles. The molecule has 0 saturated carbocycles. The fraction of sp³-hybridized carbons (Fsp3) is 0.208. The maximum atomic E-state index is 4.59. The van der Waals surface area contributed by atoms with Gasteiger partial charge < -0.3 is 9.47 Å². The molecule has 0 amide bonds. The highest BCUT2D eigenvalue weighted by atomic mass is 15.1. The van der Waals surface area contributed by atoms with E-state index in [1.807, 2.05) is 12.3 Å². The number of hydrogen-bond acceptors (Lipinski definition) is 2. The smallest absolute Gasteiger partial charge is 0.0702 e. The van der Waals surface area contributed by atoms with Crippen molar-refractivity contribution in [2.24, 2.45) is 0 Å². The van der Waals surface area contributed by atoms with Crippen molar-refractivity contribution in [3.05, 3.63) is 77.1 Å². The monoisotopic (exact) mass is 353 g/mol. The van der Waals surface area contributed by atoms with Gasteiger partial charge in [-0.15, -0.1) is 0 Å². The first-order valence-corrected chi connectivity index (χ1v) is 9.53. The number of nitrogens with zero attached hydrogens (tertiary/aromatic N) is 3. The second kappa shape index (κ2) is 6.36. The number of aromatic nitrogens is 2. The van der Waals surface area contributed by atoms with Crippen LogP contribution in [-0.4, -0.2) is 28.0 Å². The zero-order chi connectivity index (χ0) is 18.4. The fourth-order valence-corrected chi connectivity index (χ4v) is 4.15. The van der Waals surface area contributed by atoms with E-state index in [0.29, 0.717) is 0 Å². The largest absolute Gasteiger partial charge is 0.320 e. The van der Waals surface area contributed by atoms with Crippen LogP contribution in [0.3, 0.4) is 0 Å². The number of benzene rings is 2. The zero-order valence-corrected chi connectivity index (χ0v) is 15.8. The minimum absolute atomic E-state index is 1.02. The van der Waals surface area contributed by atoms with Gasteiger partial charge in [0, 0.05) is 48.4 Å². The molecule has 0 radical (unpaired) electrons. The third-order valence-corrected chi connectivity index (χ3v) is 5.56. The Kier molecular flexibility index (Phi) is 3.83. The highest BCUT2D eigenvalue weighted by Gasteiger charge is 2.21. The molecular formula is C24H23N3. The van der Waals surface area contributed by atoms with Crippen LogP contribution in [0.15, 0.2) is 54.7 Å². The summed E-state index contributed by atoms with van der Waals surface area (Å²) in [6.45, 7) is 4.30. The summed E-state index contributed by atoms with van der Waals surface area (Å²) in [6, 6.07) is 17.3. The first-order valence-electron chi connectivity index (χ1n) is 9.53. The number of fused-ring (bicyclic) bond motifs is 4. The SMILES string of the molecule is Cc1ccc2c(c1)c1c(n2/C=C/c2cnc3ccccc3c2)CCN(C)C1. The highest BCUT2D eigenvalue weighted by molar-refractivity contribution is 5.89. The van der Waals surface area contributed by atoms with Gasteiger partial charge in [-0.25, -0.2) is 0 Å². The molecule has 0 atom stereocenters. The van der Waals surface area contributed by atoms with Gasteiger partial charge in [0.25, 0.3) is 0 Å². The van der Waals surface area contributed by atoms with Gasteiger partial charge in [0.05, 0.1) is 11.0 Å². The molecule has 0 unspecified atom stereocenters. The summed E-state index contributed by atoms with van der Waals surface area (Å²) in [5.74, 6) is 0. The molecule has 0 saturated heterocycles. The molecule has 4 aromatic rings. The van der Waals surface area contributed by atoms with Crippen molar-refractivity contribution in [2.75, 3.05) is 13.6 Å². The number of hydrogen-bond donors (Lipinski definition) is 0. The molecule has 0 aliphatic carbocycles. The molecule has 0 N–H and O–H groups in total. The van der Waals surface area contributed by atoms with Gasteiger partial charge in [0.2, 0.25) is 0 Å². The lowest BCUT2D eigenvalue weighted by molar-refractivity contribution is 0.312. The standard InChI is InChI=1S/C24H23N3/c1-17-7-8-23-20(13-17)21-16-26(2)11-10-24(21)27(23)12-9-18-14-19-5-3-4-6-22(19)25-15-18/h3-9,12-15H,10-11,16H2,1-2H3/b12-9+. The van der Waals surface area contributed by atoms with Crippen molar-refractivity contribution in [3.63, 3.8) is 0 Å². The number of rotatable bonds is 2. The molecule has 134 valence electrons. The second-order valence-electron chi connectivity index (χ2n) is 7.58. The van der Waals surface area contributed by atoms with Crippen molar-refractivity contribution < 1.29 is 0 Å². The molecule has 0 bridgehead atoms. The molecule has 5 rings (SSSR count). The van der Waals surface area contributed by atoms with Gasteiger partial charge in [-0.3, -0.25) is 4.98 Å². The molecule has 1 aliphatic heterocycles. The van der Waals surface area contributed by atoms with E-state index in [-0.39, 0.29) is 0 Å². The first-order chi connectivity index (χ1) is 13.2. The summed E-state index contributed by atoms with van der Waals surface area (Å²) < 4.78 is 2.38. The van der Waals surface area contributed by atoms with Crippen LogP contribution in [0, 0.1) is 6.92 Å². The summed E-state index contributed by atoms with van der Waals surface area (Å²) in [4.78, 5) is 6.99. The van der Waals surface area contributed by atoms with E-state index < -0.39 is 0 Å². The Morgan fingerprint density at radius 3 is 2.89 bits per heavy atom. The quantitative estimate of drug-likeness (QED) is 0.499. The highest BCUT2D eigenvalue weighted by Crippen LogP contribution is 2.32. The third-order valence-electron chi connectivity index (χ3n) is 5.56. The van der Waals surface area contributed by atoms with Gasteiger partial charge in [-0.2, -0.15) is 0 Å². The molecule has 3 nitrogen and oxygen atoms in total. The van der Waals surface area contributed by atoms with Crippen LogP contribution in [-0.2, 0) is 13.0 Å². The number of pyridine rings is 1. The second-order valence-corrected chi connectivity index (χ2v) is 7.58. The van der Waals surface area contributed by atoms with Gasteiger partial charge >= 0.3 is 0 Å². The van der Waals surface area contributed by atoms with E-state index in [0.717, 1.165) is 30.6 Å². The van der Waals surface area contributed by atoms with E-state index in [2.05, 4.69) is 83.2 Å². The number of para-hydroxylation sites is 1. The molecule has 3 heteroatoms. The van der Waals surface area contributed by atoms with Crippen molar-refractivity contribution in [2.45, 2.75) is 19.9 Å². The van der Waals surface area contributed by atoms with Gasteiger partial charge in [0.15, 0.2) is 0 Å². The predicted octanol–water partition coefficient (Wildman–Crippen LogP) is 5.11. The summed E-state index contributed by atoms with van der Waals surface area (Å²) in [5.41, 5.74) is 7.70. The molecule has 2 aromatic carbocycles. The lowest BCUT2D eigenvalue weighted by Crippen LogP contribution is -2.26. The molecular weight excluding hydrogens is 330 g/mol. The molecule has 0 fully saturated rings. The molecule has 3 heterocycles.